The highest BCUT2D eigenvalue weighted by Gasteiger charge is 2.27. The molecule has 2 N–H and O–H groups in total. The predicted molar refractivity (Wildman–Crippen MR) is 83.1 cm³/mol. The van der Waals surface area contributed by atoms with Crippen molar-refractivity contribution in [1.82, 2.24) is 10.6 Å². The number of benzene rings is 1. The Hall–Kier alpha value is -0.870. The van der Waals surface area contributed by atoms with E-state index in [0.29, 0.717) is 0 Å². The molecule has 1 atom stereocenters. The van der Waals surface area contributed by atoms with Gasteiger partial charge in [0.15, 0.2) is 0 Å². The third-order valence-electron chi connectivity index (χ3n) is 3.17. The Balaban J connectivity index is 2.77. The molecule has 0 spiro atoms. The van der Waals surface area contributed by atoms with Crippen LogP contribution in [0, 0.1) is 0 Å². The average Bonchev–Trinajstić information content (AvgIpc) is 2.36. The van der Waals surface area contributed by atoms with Gasteiger partial charge in [-0.3, -0.25) is 4.79 Å². The number of rotatable bonds is 6. The highest BCUT2D eigenvalue weighted by Crippen LogP contribution is 2.20. The molecule has 0 radical (unpaired) electrons. The summed E-state index contributed by atoms with van der Waals surface area (Å²) in [5, 5.41) is 6.30. The zero-order valence-electron chi connectivity index (χ0n) is 12.1. The normalized spacial score (nSPS) is 13.1. The molecule has 0 aliphatic heterocycles. The Kier molecular flexibility index (Phi) is 6.01. The first-order valence-corrected chi connectivity index (χ1v) is 7.51. The molecule has 1 unspecified atom stereocenters. The van der Waals surface area contributed by atoms with Crippen molar-refractivity contribution in [2.45, 2.75) is 45.7 Å². The summed E-state index contributed by atoms with van der Waals surface area (Å²) < 4.78 is 1.05. The van der Waals surface area contributed by atoms with Crippen molar-refractivity contribution in [2.75, 3.05) is 6.54 Å². The quantitative estimate of drug-likeness (QED) is 0.841. The van der Waals surface area contributed by atoms with Crippen LogP contribution >= 0.6 is 15.9 Å². The molecule has 4 heteroatoms. The molecule has 0 saturated heterocycles. The standard InChI is InChI=1S/C15H23BrN2O/c1-5-13(11-7-9-12(16)10-8-11)18-14(19)15(3,4)17-6-2/h7-10,13,17H,5-6H2,1-4H3,(H,18,19). The van der Waals surface area contributed by atoms with Gasteiger partial charge in [0.25, 0.3) is 0 Å². The van der Waals surface area contributed by atoms with Gasteiger partial charge in [-0.15, -0.1) is 0 Å². The lowest BCUT2D eigenvalue weighted by Crippen LogP contribution is -2.53. The molecule has 3 nitrogen and oxygen atoms in total. The Labute approximate surface area is 124 Å². The van der Waals surface area contributed by atoms with Crippen molar-refractivity contribution >= 4 is 21.8 Å². The molecule has 106 valence electrons. The van der Waals surface area contributed by atoms with Crippen LogP contribution in [0.3, 0.4) is 0 Å². The maximum atomic E-state index is 12.3. The molecule has 0 aliphatic rings. The van der Waals surface area contributed by atoms with E-state index in [4.69, 9.17) is 0 Å². The van der Waals surface area contributed by atoms with E-state index in [1.165, 1.54) is 0 Å². The van der Waals surface area contributed by atoms with E-state index in [-0.39, 0.29) is 11.9 Å². The third kappa shape index (κ3) is 4.62. The Morgan fingerprint density at radius 3 is 2.32 bits per heavy atom. The van der Waals surface area contributed by atoms with Crippen LogP contribution in [0.25, 0.3) is 0 Å². The van der Waals surface area contributed by atoms with E-state index in [9.17, 15) is 4.79 Å². The maximum Gasteiger partial charge on any atom is 0.240 e. The van der Waals surface area contributed by atoms with Crippen LogP contribution in [-0.4, -0.2) is 18.0 Å². The largest absolute Gasteiger partial charge is 0.348 e. The molecule has 1 aromatic carbocycles. The monoisotopic (exact) mass is 326 g/mol. The van der Waals surface area contributed by atoms with E-state index in [1.54, 1.807) is 0 Å². The molecule has 1 rings (SSSR count). The van der Waals surface area contributed by atoms with Gasteiger partial charge in [0.2, 0.25) is 5.91 Å². The molecule has 0 bridgehead atoms. The summed E-state index contributed by atoms with van der Waals surface area (Å²) in [6.45, 7) is 8.66. The van der Waals surface area contributed by atoms with Crippen molar-refractivity contribution < 1.29 is 4.79 Å². The average molecular weight is 327 g/mol. The number of nitrogens with one attached hydrogen (secondary N) is 2. The first-order valence-electron chi connectivity index (χ1n) is 6.72. The van der Waals surface area contributed by atoms with Crippen LogP contribution in [0.2, 0.25) is 0 Å². The number of hydrogen-bond acceptors (Lipinski definition) is 2. The first kappa shape index (κ1) is 16.2. The summed E-state index contributed by atoms with van der Waals surface area (Å²) in [5.74, 6) is 0.0316. The van der Waals surface area contributed by atoms with E-state index in [2.05, 4.69) is 33.5 Å². The van der Waals surface area contributed by atoms with Crippen molar-refractivity contribution in [1.29, 1.82) is 0 Å². The number of carbonyl (C=O) groups is 1. The van der Waals surface area contributed by atoms with Crippen molar-refractivity contribution in [3.8, 4) is 0 Å². The molecule has 1 amide bonds. The molecular formula is C15H23BrN2O. The Morgan fingerprint density at radius 2 is 1.84 bits per heavy atom. The molecule has 0 heterocycles. The smallest absolute Gasteiger partial charge is 0.240 e. The number of carbonyl (C=O) groups excluding carboxylic acids is 1. The van der Waals surface area contributed by atoms with Crippen molar-refractivity contribution in [3.05, 3.63) is 34.3 Å². The fraction of sp³-hybridized carbons (Fsp3) is 0.533. The summed E-state index contributed by atoms with van der Waals surface area (Å²) in [7, 11) is 0. The zero-order valence-corrected chi connectivity index (χ0v) is 13.7. The highest BCUT2D eigenvalue weighted by atomic mass is 79.9. The second kappa shape index (κ2) is 7.06. The summed E-state index contributed by atoms with van der Waals surface area (Å²) in [6.07, 6.45) is 0.871. The van der Waals surface area contributed by atoms with Crippen LogP contribution in [-0.2, 0) is 4.79 Å². The van der Waals surface area contributed by atoms with E-state index in [0.717, 1.165) is 23.0 Å². The van der Waals surface area contributed by atoms with Gasteiger partial charge in [-0.05, 0) is 44.5 Å². The fourth-order valence-corrected chi connectivity index (χ4v) is 2.24. The summed E-state index contributed by atoms with van der Waals surface area (Å²) >= 11 is 3.42. The van der Waals surface area contributed by atoms with Gasteiger partial charge < -0.3 is 10.6 Å². The van der Waals surface area contributed by atoms with Gasteiger partial charge in [-0.2, -0.15) is 0 Å². The number of amides is 1. The molecular weight excluding hydrogens is 304 g/mol. The second-order valence-corrected chi connectivity index (χ2v) is 6.06. The van der Waals surface area contributed by atoms with Crippen LogP contribution in [0.1, 0.15) is 45.7 Å². The lowest BCUT2D eigenvalue weighted by molar-refractivity contribution is -0.127. The third-order valence-corrected chi connectivity index (χ3v) is 3.70. The van der Waals surface area contributed by atoms with Gasteiger partial charge in [0, 0.05) is 4.47 Å². The van der Waals surface area contributed by atoms with Crippen molar-refractivity contribution in [3.63, 3.8) is 0 Å². The van der Waals surface area contributed by atoms with Gasteiger partial charge in [0.1, 0.15) is 0 Å². The van der Waals surface area contributed by atoms with E-state index in [1.807, 2.05) is 45.0 Å². The van der Waals surface area contributed by atoms with Gasteiger partial charge >= 0.3 is 0 Å². The zero-order chi connectivity index (χ0) is 14.5. The Bertz CT molecular complexity index is 415. The van der Waals surface area contributed by atoms with E-state index >= 15 is 0 Å². The molecule has 1 aromatic rings. The topological polar surface area (TPSA) is 41.1 Å². The second-order valence-electron chi connectivity index (χ2n) is 5.14. The maximum absolute atomic E-state index is 12.3. The minimum Gasteiger partial charge on any atom is -0.348 e. The van der Waals surface area contributed by atoms with Gasteiger partial charge in [-0.1, -0.05) is 41.9 Å². The lowest BCUT2D eigenvalue weighted by atomic mass is 10.0. The molecule has 0 fully saturated rings. The predicted octanol–water partition coefficient (Wildman–Crippen LogP) is 3.40. The molecule has 0 aliphatic carbocycles. The molecule has 0 aromatic heterocycles. The number of halogens is 1. The fourth-order valence-electron chi connectivity index (χ4n) is 1.98. The van der Waals surface area contributed by atoms with Crippen LogP contribution in [0.4, 0.5) is 0 Å². The van der Waals surface area contributed by atoms with Crippen molar-refractivity contribution in [2.24, 2.45) is 0 Å². The summed E-state index contributed by atoms with van der Waals surface area (Å²) in [4.78, 5) is 12.3. The van der Waals surface area contributed by atoms with Gasteiger partial charge in [0.05, 0.1) is 11.6 Å². The molecule has 0 saturated carbocycles. The minimum absolute atomic E-state index is 0.0316. The lowest BCUT2D eigenvalue weighted by Gasteiger charge is -2.28. The van der Waals surface area contributed by atoms with Crippen LogP contribution < -0.4 is 10.6 Å². The van der Waals surface area contributed by atoms with Crippen LogP contribution in [0.15, 0.2) is 28.7 Å². The SMILES string of the molecule is CCNC(C)(C)C(=O)NC(CC)c1ccc(Br)cc1. The van der Waals surface area contributed by atoms with Gasteiger partial charge in [-0.25, -0.2) is 0 Å². The minimum atomic E-state index is -0.544. The highest BCUT2D eigenvalue weighted by molar-refractivity contribution is 9.10. The number of likely N-dealkylation sites (N-methyl/N-ethyl adjacent to an activating group) is 1. The van der Waals surface area contributed by atoms with E-state index < -0.39 is 5.54 Å². The molecule has 19 heavy (non-hydrogen) atoms. The Morgan fingerprint density at radius 1 is 1.26 bits per heavy atom. The summed E-state index contributed by atoms with van der Waals surface area (Å²) in [5.41, 5.74) is 0.587. The van der Waals surface area contributed by atoms with Crippen LogP contribution in [0.5, 0.6) is 0 Å². The first-order chi connectivity index (χ1) is 8.90. The summed E-state index contributed by atoms with van der Waals surface area (Å²) in [6, 6.07) is 8.13. The number of hydrogen-bond donors (Lipinski definition) is 2.